The Balaban J connectivity index is 1.63. The molecular weight excluding hydrogens is 290 g/mol. The number of amides is 1. The van der Waals surface area contributed by atoms with Crippen molar-refractivity contribution in [2.24, 2.45) is 5.73 Å². The lowest BCUT2D eigenvalue weighted by atomic mass is 10.1. The lowest BCUT2D eigenvalue weighted by Gasteiger charge is -2.17. The van der Waals surface area contributed by atoms with E-state index < -0.39 is 11.9 Å². The molecule has 1 aromatic heterocycles. The highest BCUT2D eigenvalue weighted by atomic mass is 16.3. The van der Waals surface area contributed by atoms with Crippen molar-refractivity contribution in [3.8, 4) is 0 Å². The fraction of sp³-hybridized carbons (Fsp3) is 0.222. The monoisotopic (exact) mass is 307 g/mol. The number of carbonyl (C=O) groups is 1. The lowest BCUT2D eigenvalue weighted by molar-refractivity contribution is -0.118. The summed E-state index contributed by atoms with van der Waals surface area (Å²) in [6, 6.07) is 14.5. The Morgan fingerprint density at radius 1 is 1.22 bits per heavy atom. The van der Waals surface area contributed by atoms with Crippen LogP contribution in [0.2, 0.25) is 0 Å². The van der Waals surface area contributed by atoms with Crippen LogP contribution >= 0.6 is 0 Å². The molecule has 4 rings (SSSR count). The number of oxazole rings is 1. The van der Waals surface area contributed by atoms with Crippen molar-refractivity contribution in [2.45, 2.75) is 24.8 Å². The van der Waals surface area contributed by atoms with Crippen LogP contribution in [0.3, 0.4) is 0 Å². The van der Waals surface area contributed by atoms with Gasteiger partial charge in [-0.05, 0) is 36.6 Å². The molecule has 0 bridgehead atoms. The second-order valence-electron chi connectivity index (χ2n) is 5.90. The Labute approximate surface area is 133 Å². The fourth-order valence-electron chi connectivity index (χ4n) is 2.67. The minimum atomic E-state index is -0.580. The number of primary amides is 1. The normalized spacial score (nSPS) is 15.5. The highest BCUT2D eigenvalue weighted by Crippen LogP contribution is 2.40. The van der Waals surface area contributed by atoms with E-state index in [2.05, 4.69) is 10.3 Å². The van der Waals surface area contributed by atoms with Gasteiger partial charge in [0.2, 0.25) is 5.91 Å². The minimum Gasteiger partial charge on any atom is -0.440 e. The summed E-state index contributed by atoms with van der Waals surface area (Å²) in [5.74, 6) is 0.864. The van der Waals surface area contributed by atoms with Gasteiger partial charge < -0.3 is 15.5 Å². The molecule has 0 saturated heterocycles. The third-order valence-corrected chi connectivity index (χ3v) is 4.06. The maximum absolute atomic E-state index is 11.8. The maximum atomic E-state index is 11.8. The van der Waals surface area contributed by atoms with Gasteiger partial charge in [0.05, 0.1) is 0 Å². The number of rotatable bonds is 5. The molecule has 1 fully saturated rings. The van der Waals surface area contributed by atoms with Crippen molar-refractivity contribution < 1.29 is 9.21 Å². The number of anilines is 1. The van der Waals surface area contributed by atoms with Gasteiger partial charge in [0, 0.05) is 11.6 Å². The molecule has 1 aliphatic carbocycles. The molecule has 1 saturated carbocycles. The molecule has 0 radical (unpaired) electrons. The van der Waals surface area contributed by atoms with Crippen LogP contribution in [0.4, 0.5) is 5.69 Å². The zero-order chi connectivity index (χ0) is 15.8. The van der Waals surface area contributed by atoms with Gasteiger partial charge in [-0.15, -0.1) is 0 Å². The molecule has 0 aliphatic heterocycles. The SMILES string of the molecule is NC(=O)[C@H](Nc1ccc2oc(C3CC3)nc2c1)c1ccccc1. The fourth-order valence-corrected chi connectivity index (χ4v) is 2.67. The number of benzene rings is 2. The summed E-state index contributed by atoms with van der Waals surface area (Å²) >= 11 is 0. The molecule has 5 heteroatoms. The second kappa shape index (κ2) is 5.43. The smallest absolute Gasteiger partial charge is 0.244 e. The standard InChI is InChI=1S/C18H17N3O2/c19-17(22)16(11-4-2-1-3-5-11)20-13-8-9-15-14(10-13)21-18(23-15)12-6-7-12/h1-5,8-10,12,16,20H,6-7H2,(H2,19,22)/t16-/m1/s1. The molecular formula is C18H17N3O2. The average Bonchev–Trinajstić information content (AvgIpc) is 3.32. The van der Waals surface area contributed by atoms with Crippen molar-refractivity contribution in [3.05, 3.63) is 60.0 Å². The minimum absolute atomic E-state index is 0.421. The maximum Gasteiger partial charge on any atom is 0.244 e. The van der Waals surface area contributed by atoms with Crippen molar-refractivity contribution in [3.63, 3.8) is 0 Å². The largest absolute Gasteiger partial charge is 0.440 e. The van der Waals surface area contributed by atoms with E-state index in [9.17, 15) is 4.79 Å². The van der Waals surface area contributed by atoms with Crippen LogP contribution in [-0.4, -0.2) is 10.9 Å². The topological polar surface area (TPSA) is 81.2 Å². The first kappa shape index (κ1) is 13.8. The summed E-state index contributed by atoms with van der Waals surface area (Å²) in [5.41, 5.74) is 8.74. The number of nitrogens with one attached hydrogen (secondary N) is 1. The van der Waals surface area contributed by atoms with Crippen LogP contribution in [0.5, 0.6) is 0 Å². The van der Waals surface area contributed by atoms with Gasteiger partial charge in [-0.25, -0.2) is 4.98 Å². The Morgan fingerprint density at radius 3 is 2.70 bits per heavy atom. The summed E-state index contributed by atoms with van der Waals surface area (Å²) in [4.78, 5) is 16.3. The van der Waals surface area contributed by atoms with Crippen molar-refractivity contribution in [1.82, 2.24) is 4.98 Å². The summed E-state index contributed by atoms with van der Waals surface area (Å²) in [5, 5.41) is 3.18. The van der Waals surface area contributed by atoms with Gasteiger partial charge in [0.15, 0.2) is 11.5 Å². The molecule has 3 N–H and O–H groups in total. The van der Waals surface area contributed by atoms with E-state index in [4.69, 9.17) is 10.2 Å². The van der Waals surface area contributed by atoms with E-state index in [1.807, 2.05) is 48.5 Å². The van der Waals surface area contributed by atoms with Gasteiger partial charge in [-0.1, -0.05) is 30.3 Å². The van der Waals surface area contributed by atoms with Crippen molar-refractivity contribution in [1.29, 1.82) is 0 Å². The summed E-state index contributed by atoms with van der Waals surface area (Å²) in [7, 11) is 0. The molecule has 116 valence electrons. The number of fused-ring (bicyclic) bond motifs is 1. The Morgan fingerprint density at radius 2 is 2.00 bits per heavy atom. The Bertz CT molecular complexity index is 853. The summed E-state index contributed by atoms with van der Waals surface area (Å²) < 4.78 is 5.75. The molecule has 5 nitrogen and oxygen atoms in total. The van der Waals surface area contributed by atoms with Gasteiger partial charge in [0.1, 0.15) is 11.6 Å². The number of aromatic nitrogens is 1. The zero-order valence-electron chi connectivity index (χ0n) is 12.5. The highest BCUT2D eigenvalue weighted by Gasteiger charge is 2.29. The van der Waals surface area contributed by atoms with E-state index in [-0.39, 0.29) is 0 Å². The van der Waals surface area contributed by atoms with Gasteiger partial charge in [0.25, 0.3) is 0 Å². The van der Waals surface area contributed by atoms with E-state index >= 15 is 0 Å². The van der Waals surface area contributed by atoms with E-state index in [0.29, 0.717) is 5.92 Å². The third kappa shape index (κ3) is 2.77. The first-order valence-corrected chi connectivity index (χ1v) is 7.72. The predicted octanol–water partition coefficient (Wildman–Crippen LogP) is 3.34. The second-order valence-corrected chi connectivity index (χ2v) is 5.90. The molecule has 2 aromatic carbocycles. The molecule has 0 unspecified atom stereocenters. The van der Waals surface area contributed by atoms with Gasteiger partial charge >= 0.3 is 0 Å². The number of hydrogen-bond acceptors (Lipinski definition) is 4. The number of nitrogens with zero attached hydrogens (tertiary/aromatic N) is 1. The first-order chi connectivity index (χ1) is 11.2. The van der Waals surface area contributed by atoms with Crippen molar-refractivity contribution >= 4 is 22.7 Å². The third-order valence-electron chi connectivity index (χ3n) is 4.06. The Kier molecular flexibility index (Phi) is 3.26. The summed E-state index contributed by atoms with van der Waals surface area (Å²) in [6.45, 7) is 0. The molecule has 1 atom stereocenters. The highest BCUT2D eigenvalue weighted by molar-refractivity contribution is 5.85. The van der Waals surface area contributed by atoms with Crippen LogP contribution in [0.15, 0.2) is 52.9 Å². The first-order valence-electron chi connectivity index (χ1n) is 7.72. The van der Waals surface area contributed by atoms with E-state index in [0.717, 1.165) is 41.1 Å². The summed E-state index contributed by atoms with van der Waals surface area (Å²) in [6.07, 6.45) is 2.30. The van der Waals surface area contributed by atoms with Crippen LogP contribution in [-0.2, 0) is 4.79 Å². The number of nitrogens with two attached hydrogens (primary N) is 1. The Hall–Kier alpha value is -2.82. The number of hydrogen-bond donors (Lipinski definition) is 2. The number of carbonyl (C=O) groups excluding carboxylic acids is 1. The van der Waals surface area contributed by atoms with Crippen LogP contribution in [0.1, 0.15) is 36.3 Å². The van der Waals surface area contributed by atoms with Crippen LogP contribution in [0.25, 0.3) is 11.1 Å². The van der Waals surface area contributed by atoms with Gasteiger partial charge in [-0.2, -0.15) is 0 Å². The van der Waals surface area contributed by atoms with Crippen LogP contribution in [0, 0.1) is 0 Å². The molecule has 1 aliphatic rings. The molecule has 0 spiro atoms. The molecule has 1 amide bonds. The van der Waals surface area contributed by atoms with Crippen molar-refractivity contribution in [2.75, 3.05) is 5.32 Å². The lowest BCUT2D eigenvalue weighted by Crippen LogP contribution is -2.27. The molecule has 1 heterocycles. The zero-order valence-corrected chi connectivity index (χ0v) is 12.5. The van der Waals surface area contributed by atoms with E-state index in [1.54, 1.807) is 0 Å². The molecule has 23 heavy (non-hydrogen) atoms. The quantitative estimate of drug-likeness (QED) is 0.757. The predicted molar refractivity (Wildman–Crippen MR) is 88.0 cm³/mol. The average molecular weight is 307 g/mol. The van der Waals surface area contributed by atoms with E-state index in [1.165, 1.54) is 0 Å². The van der Waals surface area contributed by atoms with Crippen LogP contribution < -0.4 is 11.1 Å². The van der Waals surface area contributed by atoms with Gasteiger partial charge in [-0.3, -0.25) is 4.79 Å². The molecule has 3 aromatic rings.